The van der Waals surface area contributed by atoms with Gasteiger partial charge in [0.15, 0.2) is 11.5 Å². The van der Waals surface area contributed by atoms with Gasteiger partial charge in [-0.25, -0.2) is 0 Å². The molecule has 0 aromatic heterocycles. The number of nitrogens with zero attached hydrogens (tertiary/aromatic N) is 1. The lowest BCUT2D eigenvalue weighted by molar-refractivity contribution is -0.143. The second-order valence-corrected chi connectivity index (χ2v) is 9.59. The van der Waals surface area contributed by atoms with Crippen molar-refractivity contribution in [1.29, 1.82) is 0 Å². The van der Waals surface area contributed by atoms with Crippen LogP contribution >= 0.6 is 23.2 Å². The molecule has 0 radical (unpaired) electrons. The molecule has 1 aliphatic rings. The van der Waals surface area contributed by atoms with Crippen molar-refractivity contribution in [2.75, 3.05) is 27.3 Å². The molecule has 0 spiro atoms. The molecule has 2 unspecified atom stereocenters. The lowest BCUT2D eigenvalue weighted by atomic mass is 9.91. The molecule has 1 heterocycles. The number of rotatable bonds is 9. The molecule has 6 nitrogen and oxygen atoms in total. The number of ether oxygens (including phenoxy) is 3. The minimum absolute atomic E-state index is 0.284. The van der Waals surface area contributed by atoms with Crippen molar-refractivity contribution in [3.05, 3.63) is 87.4 Å². The van der Waals surface area contributed by atoms with Crippen molar-refractivity contribution in [3.8, 4) is 17.2 Å². The van der Waals surface area contributed by atoms with Crippen LogP contribution in [0.3, 0.4) is 0 Å². The zero-order valence-corrected chi connectivity index (χ0v) is 21.8. The monoisotopic (exact) mass is 529 g/mol. The Morgan fingerprint density at radius 1 is 1.00 bits per heavy atom. The van der Waals surface area contributed by atoms with Gasteiger partial charge in [0.1, 0.15) is 6.61 Å². The summed E-state index contributed by atoms with van der Waals surface area (Å²) < 4.78 is 17.6. The first kappa shape index (κ1) is 26.1. The molecule has 0 bridgehead atoms. The van der Waals surface area contributed by atoms with E-state index >= 15 is 0 Å². The van der Waals surface area contributed by atoms with Crippen LogP contribution in [0.25, 0.3) is 0 Å². The Kier molecular flexibility index (Phi) is 8.62. The van der Waals surface area contributed by atoms with E-state index in [-0.39, 0.29) is 6.04 Å². The number of methoxy groups -OCH3 is 2. The molecule has 1 fully saturated rings. The Morgan fingerprint density at radius 2 is 1.69 bits per heavy atom. The molecule has 2 atom stereocenters. The Morgan fingerprint density at radius 3 is 2.31 bits per heavy atom. The topological polar surface area (TPSA) is 68.2 Å². The highest BCUT2D eigenvalue weighted by molar-refractivity contribution is 6.42. The van der Waals surface area contributed by atoms with Gasteiger partial charge in [-0.15, -0.1) is 0 Å². The molecule has 1 saturated heterocycles. The number of benzene rings is 3. The summed E-state index contributed by atoms with van der Waals surface area (Å²) in [5.41, 5.74) is 2.80. The maximum Gasteiger partial charge on any atom is 0.307 e. The summed E-state index contributed by atoms with van der Waals surface area (Å²) in [5.74, 6) is 0.325. The zero-order valence-electron chi connectivity index (χ0n) is 20.2. The third-order valence-electron chi connectivity index (χ3n) is 6.45. The van der Waals surface area contributed by atoms with E-state index < -0.39 is 11.9 Å². The second-order valence-electron chi connectivity index (χ2n) is 8.78. The second kappa shape index (κ2) is 11.9. The van der Waals surface area contributed by atoms with E-state index in [0.29, 0.717) is 46.9 Å². The van der Waals surface area contributed by atoms with Crippen molar-refractivity contribution >= 4 is 29.2 Å². The molecule has 8 heteroatoms. The molecule has 3 aromatic carbocycles. The quantitative estimate of drug-likeness (QED) is 0.342. The number of hydrogen-bond acceptors (Lipinski definition) is 5. The fourth-order valence-electron chi connectivity index (χ4n) is 4.67. The molecule has 4 rings (SSSR count). The molecule has 0 amide bonds. The van der Waals surface area contributed by atoms with E-state index in [1.165, 1.54) is 0 Å². The summed E-state index contributed by atoms with van der Waals surface area (Å²) in [4.78, 5) is 14.0. The van der Waals surface area contributed by atoms with Crippen molar-refractivity contribution in [3.63, 3.8) is 0 Å². The number of piperidine rings is 1. The minimum Gasteiger partial charge on any atom is -0.493 e. The van der Waals surface area contributed by atoms with Crippen LogP contribution in [0.4, 0.5) is 0 Å². The fourth-order valence-corrected chi connectivity index (χ4v) is 4.98. The van der Waals surface area contributed by atoms with E-state index in [0.717, 1.165) is 29.7 Å². The molecular weight excluding hydrogens is 501 g/mol. The molecular formula is C28H29Cl2NO5. The zero-order chi connectivity index (χ0) is 25.7. The Bertz CT molecular complexity index is 1180. The van der Waals surface area contributed by atoms with Gasteiger partial charge >= 0.3 is 5.97 Å². The number of carboxylic acid groups (broad SMARTS) is 1. The van der Waals surface area contributed by atoms with Gasteiger partial charge in [-0.1, -0.05) is 59.6 Å². The highest BCUT2D eigenvalue weighted by Gasteiger charge is 2.32. The van der Waals surface area contributed by atoms with Crippen LogP contribution in [0, 0.1) is 5.92 Å². The normalized spacial score (nSPS) is 16.8. The highest BCUT2D eigenvalue weighted by atomic mass is 35.5. The molecule has 0 saturated carbocycles. The smallest absolute Gasteiger partial charge is 0.307 e. The molecule has 190 valence electrons. The van der Waals surface area contributed by atoms with Crippen molar-refractivity contribution in [2.24, 2.45) is 5.92 Å². The minimum atomic E-state index is -0.785. The number of aliphatic carboxylic acids is 1. The maximum atomic E-state index is 11.8. The molecule has 1 N–H and O–H groups in total. The first-order valence-electron chi connectivity index (χ1n) is 11.8. The van der Waals surface area contributed by atoms with Crippen LogP contribution in [-0.2, 0) is 11.4 Å². The van der Waals surface area contributed by atoms with Gasteiger partial charge in [-0.3, -0.25) is 9.69 Å². The number of halogens is 2. The first-order valence-corrected chi connectivity index (χ1v) is 12.5. The Balaban J connectivity index is 1.76. The molecule has 1 aliphatic heterocycles. The Labute approximate surface area is 221 Å². The highest BCUT2D eigenvalue weighted by Crippen LogP contribution is 2.44. The number of hydrogen-bond donors (Lipinski definition) is 1. The maximum absolute atomic E-state index is 11.8. The van der Waals surface area contributed by atoms with E-state index in [1.807, 2.05) is 54.6 Å². The molecule has 0 aliphatic carbocycles. The summed E-state index contributed by atoms with van der Waals surface area (Å²) in [6, 6.07) is 18.9. The van der Waals surface area contributed by atoms with Gasteiger partial charge in [0.25, 0.3) is 0 Å². The van der Waals surface area contributed by atoms with E-state index in [1.54, 1.807) is 20.3 Å². The SMILES string of the molecule is COc1cc(C(c2ccc(Cl)c(Cl)c2)N2CCCC(C(=O)O)C2)cc(OC)c1OCc1ccccc1. The van der Waals surface area contributed by atoms with E-state index in [9.17, 15) is 9.90 Å². The predicted octanol–water partition coefficient (Wildman–Crippen LogP) is 6.48. The van der Waals surface area contributed by atoms with Crippen molar-refractivity contribution < 1.29 is 24.1 Å². The van der Waals surface area contributed by atoms with Gasteiger partial charge in [-0.2, -0.15) is 0 Å². The number of carboxylic acids is 1. The number of likely N-dealkylation sites (tertiary alicyclic amines) is 1. The Hall–Kier alpha value is -2.93. The predicted molar refractivity (Wildman–Crippen MR) is 141 cm³/mol. The van der Waals surface area contributed by atoms with Gasteiger partial charge in [0.2, 0.25) is 5.75 Å². The van der Waals surface area contributed by atoms with Crippen molar-refractivity contribution in [1.82, 2.24) is 4.90 Å². The summed E-state index contributed by atoms with van der Waals surface area (Å²) in [6.07, 6.45) is 1.43. The summed E-state index contributed by atoms with van der Waals surface area (Å²) in [7, 11) is 3.17. The molecule has 3 aromatic rings. The van der Waals surface area contributed by atoms with Crippen LogP contribution in [0.15, 0.2) is 60.7 Å². The van der Waals surface area contributed by atoms with Crippen LogP contribution in [-0.4, -0.2) is 43.3 Å². The van der Waals surface area contributed by atoms with Crippen LogP contribution in [0.2, 0.25) is 10.0 Å². The van der Waals surface area contributed by atoms with Crippen LogP contribution < -0.4 is 14.2 Å². The lowest BCUT2D eigenvalue weighted by Crippen LogP contribution is -2.41. The standard InChI is InChI=1S/C28H29Cl2NO5/c1-34-24-14-21(15-25(35-2)27(24)36-17-18-7-4-3-5-8-18)26(19-10-11-22(29)23(30)13-19)31-12-6-9-20(16-31)28(32)33/h3-5,7-8,10-11,13-15,20,26H,6,9,12,16-17H2,1-2H3,(H,32,33). The summed E-state index contributed by atoms with van der Waals surface area (Å²) >= 11 is 12.6. The fraction of sp³-hybridized carbons (Fsp3) is 0.321. The lowest BCUT2D eigenvalue weighted by Gasteiger charge is -2.38. The third kappa shape index (κ3) is 5.89. The average Bonchev–Trinajstić information content (AvgIpc) is 2.90. The van der Waals surface area contributed by atoms with Gasteiger partial charge in [0, 0.05) is 6.54 Å². The van der Waals surface area contributed by atoms with Crippen molar-refractivity contribution in [2.45, 2.75) is 25.5 Å². The third-order valence-corrected chi connectivity index (χ3v) is 7.19. The van der Waals surface area contributed by atoms with Gasteiger partial charge < -0.3 is 19.3 Å². The van der Waals surface area contributed by atoms with Crippen LogP contribution in [0.1, 0.15) is 35.6 Å². The summed E-state index contributed by atoms with van der Waals surface area (Å²) in [5, 5.41) is 10.6. The largest absolute Gasteiger partial charge is 0.493 e. The average molecular weight is 530 g/mol. The van der Waals surface area contributed by atoms with Crippen LogP contribution in [0.5, 0.6) is 17.2 Å². The van der Waals surface area contributed by atoms with Gasteiger partial charge in [0.05, 0.1) is 36.2 Å². The van der Waals surface area contributed by atoms with Gasteiger partial charge in [-0.05, 0) is 60.3 Å². The van der Waals surface area contributed by atoms with E-state index in [2.05, 4.69) is 4.90 Å². The van der Waals surface area contributed by atoms with E-state index in [4.69, 9.17) is 37.4 Å². The molecule has 36 heavy (non-hydrogen) atoms. The number of carbonyl (C=O) groups is 1. The first-order chi connectivity index (χ1) is 17.4. The summed E-state index contributed by atoms with van der Waals surface area (Å²) in [6.45, 7) is 1.51.